The number of para-hydroxylation sites is 1. The Morgan fingerprint density at radius 1 is 1.07 bits per heavy atom. The monoisotopic (exact) mass is 561 g/mol. The molecule has 41 heavy (non-hydrogen) atoms. The van der Waals surface area contributed by atoms with E-state index in [1.807, 2.05) is 36.4 Å². The number of benzene rings is 2. The van der Waals surface area contributed by atoms with Gasteiger partial charge in [0.25, 0.3) is 0 Å². The third-order valence-corrected chi connectivity index (χ3v) is 7.49. The lowest BCUT2D eigenvalue weighted by atomic mass is 9.75. The number of carbonyl (C=O) groups excluding carboxylic acids is 1. The van der Waals surface area contributed by atoms with Gasteiger partial charge in [-0.25, -0.2) is 9.78 Å². The molecule has 1 heterocycles. The van der Waals surface area contributed by atoms with E-state index in [9.17, 15) is 9.59 Å². The van der Waals surface area contributed by atoms with E-state index in [0.29, 0.717) is 41.5 Å². The predicted octanol–water partition coefficient (Wildman–Crippen LogP) is 6.61. The molecule has 3 unspecified atom stereocenters. The summed E-state index contributed by atoms with van der Waals surface area (Å²) in [7, 11) is 1.55. The lowest BCUT2D eigenvalue weighted by Crippen LogP contribution is -2.36. The Labute approximate surface area is 241 Å². The Balaban J connectivity index is 1.37. The van der Waals surface area contributed by atoms with Crippen LogP contribution in [0.1, 0.15) is 56.0 Å². The van der Waals surface area contributed by atoms with E-state index in [1.54, 1.807) is 13.2 Å². The summed E-state index contributed by atoms with van der Waals surface area (Å²) in [4.78, 5) is 28.0. The molecule has 0 spiro atoms. The van der Waals surface area contributed by atoms with Crippen molar-refractivity contribution < 1.29 is 28.9 Å². The highest BCUT2D eigenvalue weighted by Gasteiger charge is 2.31. The standard InChI is InChI=1S/C32H39N3O6/c1-20(2)26-13-11-21(3)15-28(26)40-19-29(36)35-25-9-6-8-24(16-25)33-17-22-7-5-10-27(39-4)31(22)41-30-14-12-23(18-34-30)32(37)38/h5-10,12,14,16,18,20-21,26,28,33H,11,13,15,17,19H2,1-4H3,(H,35,36)(H,37,38). The summed E-state index contributed by atoms with van der Waals surface area (Å²) in [6.45, 7) is 7.14. The van der Waals surface area contributed by atoms with Crippen LogP contribution in [-0.4, -0.2) is 41.8 Å². The van der Waals surface area contributed by atoms with Crippen LogP contribution in [0.3, 0.4) is 0 Å². The number of hydrogen-bond acceptors (Lipinski definition) is 7. The largest absolute Gasteiger partial charge is 0.493 e. The van der Waals surface area contributed by atoms with E-state index in [1.165, 1.54) is 24.8 Å². The van der Waals surface area contributed by atoms with Crippen LogP contribution < -0.4 is 20.1 Å². The fourth-order valence-corrected chi connectivity index (χ4v) is 5.24. The number of aromatic nitrogens is 1. The van der Waals surface area contributed by atoms with Gasteiger partial charge in [0, 0.05) is 35.7 Å². The second-order valence-electron chi connectivity index (χ2n) is 10.9. The molecule has 1 amide bonds. The highest BCUT2D eigenvalue weighted by molar-refractivity contribution is 5.92. The second kappa shape index (κ2) is 14.0. The van der Waals surface area contributed by atoms with Crippen molar-refractivity contribution in [3.8, 4) is 17.4 Å². The van der Waals surface area contributed by atoms with Crippen LogP contribution in [0.2, 0.25) is 0 Å². The van der Waals surface area contributed by atoms with Gasteiger partial charge in [-0.3, -0.25) is 4.79 Å². The Bertz CT molecular complexity index is 1330. The first-order chi connectivity index (χ1) is 19.7. The number of aromatic carboxylic acids is 1. The van der Waals surface area contributed by atoms with Crippen molar-refractivity contribution in [1.29, 1.82) is 0 Å². The van der Waals surface area contributed by atoms with Crippen molar-refractivity contribution in [2.24, 2.45) is 17.8 Å². The Morgan fingerprint density at radius 3 is 2.56 bits per heavy atom. The van der Waals surface area contributed by atoms with Gasteiger partial charge in [-0.2, -0.15) is 0 Å². The summed E-state index contributed by atoms with van der Waals surface area (Å²) in [5.41, 5.74) is 2.35. The van der Waals surface area contributed by atoms with Crippen molar-refractivity contribution >= 4 is 23.3 Å². The van der Waals surface area contributed by atoms with E-state index in [-0.39, 0.29) is 30.1 Å². The molecule has 1 saturated carbocycles. The molecule has 9 heteroatoms. The molecule has 0 saturated heterocycles. The van der Waals surface area contributed by atoms with E-state index in [0.717, 1.165) is 24.1 Å². The number of carboxylic acids is 1. The number of amides is 1. The van der Waals surface area contributed by atoms with Crippen molar-refractivity contribution in [2.75, 3.05) is 24.4 Å². The number of hydrogen-bond donors (Lipinski definition) is 3. The average Bonchev–Trinajstić information content (AvgIpc) is 2.96. The maximum absolute atomic E-state index is 12.7. The number of carboxylic acid groups (broad SMARTS) is 1. The normalized spacial score (nSPS) is 18.5. The molecule has 2 aromatic carbocycles. The van der Waals surface area contributed by atoms with E-state index < -0.39 is 5.97 Å². The minimum Gasteiger partial charge on any atom is -0.493 e. The predicted molar refractivity (Wildman–Crippen MR) is 158 cm³/mol. The molecular weight excluding hydrogens is 522 g/mol. The average molecular weight is 562 g/mol. The van der Waals surface area contributed by atoms with Gasteiger partial charge >= 0.3 is 5.97 Å². The molecule has 0 radical (unpaired) electrons. The van der Waals surface area contributed by atoms with Crippen LogP contribution in [-0.2, 0) is 16.1 Å². The highest BCUT2D eigenvalue weighted by atomic mass is 16.5. The van der Waals surface area contributed by atoms with Gasteiger partial charge < -0.3 is 30.0 Å². The zero-order valence-electron chi connectivity index (χ0n) is 24.1. The first-order valence-corrected chi connectivity index (χ1v) is 14.0. The smallest absolute Gasteiger partial charge is 0.337 e. The fourth-order valence-electron chi connectivity index (χ4n) is 5.24. The summed E-state index contributed by atoms with van der Waals surface area (Å²) >= 11 is 0. The maximum Gasteiger partial charge on any atom is 0.337 e. The zero-order valence-corrected chi connectivity index (χ0v) is 24.1. The van der Waals surface area contributed by atoms with Crippen LogP contribution in [0.15, 0.2) is 60.8 Å². The van der Waals surface area contributed by atoms with Gasteiger partial charge in [-0.1, -0.05) is 45.4 Å². The van der Waals surface area contributed by atoms with Gasteiger partial charge in [-0.05, 0) is 60.9 Å². The quantitative estimate of drug-likeness (QED) is 0.226. The fraction of sp³-hybridized carbons (Fsp3) is 0.406. The van der Waals surface area contributed by atoms with Crippen molar-refractivity contribution in [1.82, 2.24) is 4.98 Å². The summed E-state index contributed by atoms with van der Waals surface area (Å²) in [6.07, 6.45) is 4.71. The van der Waals surface area contributed by atoms with Gasteiger partial charge in [0.2, 0.25) is 11.8 Å². The van der Waals surface area contributed by atoms with Gasteiger partial charge in [-0.15, -0.1) is 0 Å². The summed E-state index contributed by atoms with van der Waals surface area (Å²) < 4.78 is 17.6. The van der Waals surface area contributed by atoms with Crippen LogP contribution in [0, 0.1) is 17.8 Å². The van der Waals surface area contributed by atoms with E-state index in [2.05, 4.69) is 36.4 Å². The Hall–Kier alpha value is -4.11. The number of rotatable bonds is 12. The van der Waals surface area contributed by atoms with Crippen LogP contribution >= 0.6 is 0 Å². The number of carbonyl (C=O) groups is 2. The van der Waals surface area contributed by atoms with Crippen LogP contribution in [0.25, 0.3) is 0 Å². The number of pyridine rings is 1. The lowest BCUT2D eigenvalue weighted by molar-refractivity contribution is -0.126. The number of anilines is 2. The zero-order chi connectivity index (χ0) is 29.4. The molecule has 3 N–H and O–H groups in total. The van der Waals surface area contributed by atoms with E-state index >= 15 is 0 Å². The topological polar surface area (TPSA) is 119 Å². The van der Waals surface area contributed by atoms with Crippen LogP contribution in [0.5, 0.6) is 17.4 Å². The number of ether oxygens (including phenoxy) is 3. The lowest BCUT2D eigenvalue weighted by Gasteiger charge is -2.37. The van der Waals surface area contributed by atoms with Crippen molar-refractivity contribution in [3.63, 3.8) is 0 Å². The molecule has 1 aliphatic rings. The minimum atomic E-state index is -1.06. The molecule has 9 nitrogen and oxygen atoms in total. The molecule has 3 atom stereocenters. The minimum absolute atomic E-state index is 0.0320. The Kier molecular flexibility index (Phi) is 10.2. The first-order valence-electron chi connectivity index (χ1n) is 14.0. The van der Waals surface area contributed by atoms with Gasteiger partial charge in [0.15, 0.2) is 11.5 Å². The molecule has 218 valence electrons. The number of nitrogens with one attached hydrogen (secondary N) is 2. The highest BCUT2D eigenvalue weighted by Crippen LogP contribution is 2.36. The van der Waals surface area contributed by atoms with Gasteiger partial charge in [0.1, 0.15) is 6.61 Å². The first kappa shape index (κ1) is 29.9. The Morgan fingerprint density at radius 2 is 1.85 bits per heavy atom. The SMILES string of the molecule is COc1cccc(CNc2cccc(NC(=O)COC3CC(C)CCC3C(C)C)c2)c1Oc1ccc(C(=O)O)cn1. The summed E-state index contributed by atoms with van der Waals surface area (Å²) in [6, 6.07) is 16.0. The second-order valence-corrected chi connectivity index (χ2v) is 10.9. The third kappa shape index (κ3) is 8.20. The molecule has 0 aliphatic heterocycles. The summed E-state index contributed by atoms with van der Waals surface area (Å²) in [5, 5.41) is 15.4. The van der Waals surface area contributed by atoms with Crippen molar-refractivity contribution in [3.05, 3.63) is 71.9 Å². The van der Waals surface area contributed by atoms with E-state index in [4.69, 9.17) is 19.3 Å². The summed E-state index contributed by atoms with van der Waals surface area (Å²) in [5.74, 6) is 1.63. The van der Waals surface area contributed by atoms with Crippen LogP contribution in [0.4, 0.5) is 11.4 Å². The molecule has 1 aromatic heterocycles. The number of nitrogens with zero attached hydrogens (tertiary/aromatic N) is 1. The molecule has 0 bridgehead atoms. The third-order valence-electron chi connectivity index (χ3n) is 7.49. The molecular formula is C32H39N3O6. The maximum atomic E-state index is 12.7. The van der Waals surface area contributed by atoms with Crippen molar-refractivity contribution in [2.45, 2.75) is 52.7 Å². The van der Waals surface area contributed by atoms with Gasteiger partial charge in [0.05, 0.1) is 18.8 Å². The molecule has 3 aromatic rings. The molecule has 4 rings (SSSR count). The number of methoxy groups -OCH3 is 1. The molecule has 1 fully saturated rings. The molecule has 1 aliphatic carbocycles.